The van der Waals surface area contributed by atoms with Crippen molar-refractivity contribution in [3.8, 4) is 0 Å². The maximum atomic E-state index is 13.1. The summed E-state index contributed by atoms with van der Waals surface area (Å²) in [5.41, 5.74) is -1.92. The molecule has 1 unspecified atom stereocenters. The molecule has 0 bridgehead atoms. The molecule has 196 valence electrons. The normalized spacial score (nSPS) is 16.6. The molecule has 1 fully saturated rings. The molecule has 0 aliphatic carbocycles. The van der Waals surface area contributed by atoms with Gasteiger partial charge in [-0.05, 0) is 42.5 Å². The first kappa shape index (κ1) is 27.5. The summed E-state index contributed by atoms with van der Waals surface area (Å²) in [7, 11) is 1.41. The van der Waals surface area contributed by atoms with E-state index in [1.54, 1.807) is 0 Å². The molecule has 0 aromatic heterocycles. The second-order valence-corrected chi connectivity index (χ2v) is 8.14. The van der Waals surface area contributed by atoms with Gasteiger partial charge in [0.2, 0.25) is 0 Å². The Bertz CT molecular complexity index is 1060. The average Bonchev–Trinajstić information content (AvgIpc) is 2.85. The first-order valence-corrected chi connectivity index (χ1v) is 10.9. The van der Waals surface area contributed by atoms with Crippen molar-refractivity contribution < 1.29 is 45.4 Å². The van der Waals surface area contributed by atoms with Crippen LogP contribution in [0, 0.1) is 0 Å². The van der Waals surface area contributed by atoms with Gasteiger partial charge in [-0.3, -0.25) is 9.59 Å². The molecule has 2 aromatic carbocycles. The van der Waals surface area contributed by atoms with Gasteiger partial charge in [0.15, 0.2) is 0 Å². The molecule has 0 spiro atoms. The number of alkyl halides is 6. The number of amides is 2. The Morgan fingerprint density at radius 1 is 1.00 bits per heavy atom. The maximum absolute atomic E-state index is 13.1. The SMILES string of the molecule is COCCN(CC1CN(C(=O)c2ccc(C(F)(F)F)cc2)CCO1)C(=O)c1cccc(C(F)(F)F)c1. The predicted molar refractivity (Wildman–Crippen MR) is 116 cm³/mol. The van der Waals surface area contributed by atoms with Crippen LogP contribution in [0.2, 0.25) is 0 Å². The summed E-state index contributed by atoms with van der Waals surface area (Å²) in [6, 6.07) is 7.90. The molecule has 0 N–H and O–H groups in total. The van der Waals surface area contributed by atoms with Gasteiger partial charge < -0.3 is 19.3 Å². The number of ether oxygens (including phenoxy) is 2. The van der Waals surface area contributed by atoms with Crippen LogP contribution in [0.15, 0.2) is 48.5 Å². The van der Waals surface area contributed by atoms with Crippen LogP contribution >= 0.6 is 0 Å². The number of carbonyl (C=O) groups is 2. The van der Waals surface area contributed by atoms with Gasteiger partial charge in [0.05, 0.1) is 30.4 Å². The van der Waals surface area contributed by atoms with Gasteiger partial charge in [0, 0.05) is 44.4 Å². The zero-order valence-electron chi connectivity index (χ0n) is 19.2. The average molecular weight is 518 g/mol. The van der Waals surface area contributed by atoms with E-state index in [9.17, 15) is 35.9 Å². The van der Waals surface area contributed by atoms with Crippen molar-refractivity contribution in [1.29, 1.82) is 0 Å². The molecular weight excluding hydrogens is 494 g/mol. The van der Waals surface area contributed by atoms with Gasteiger partial charge >= 0.3 is 12.4 Å². The highest BCUT2D eigenvalue weighted by Gasteiger charge is 2.33. The Morgan fingerprint density at radius 2 is 1.67 bits per heavy atom. The summed E-state index contributed by atoms with van der Waals surface area (Å²) >= 11 is 0. The van der Waals surface area contributed by atoms with Crippen molar-refractivity contribution in [2.24, 2.45) is 0 Å². The minimum Gasteiger partial charge on any atom is -0.383 e. The fourth-order valence-corrected chi connectivity index (χ4v) is 3.73. The van der Waals surface area contributed by atoms with E-state index in [0.29, 0.717) is 0 Å². The lowest BCUT2D eigenvalue weighted by atomic mass is 10.1. The number of benzene rings is 2. The van der Waals surface area contributed by atoms with Gasteiger partial charge in [0.1, 0.15) is 0 Å². The smallest absolute Gasteiger partial charge is 0.383 e. The van der Waals surface area contributed by atoms with E-state index in [1.807, 2.05) is 0 Å². The Balaban J connectivity index is 1.71. The van der Waals surface area contributed by atoms with Crippen molar-refractivity contribution in [1.82, 2.24) is 9.80 Å². The first-order chi connectivity index (χ1) is 16.9. The summed E-state index contributed by atoms with van der Waals surface area (Å²) in [5.74, 6) is -1.15. The zero-order chi connectivity index (χ0) is 26.5. The third-order valence-electron chi connectivity index (χ3n) is 5.60. The fourth-order valence-electron chi connectivity index (χ4n) is 3.73. The molecule has 1 heterocycles. The minimum absolute atomic E-state index is 0.0325. The van der Waals surface area contributed by atoms with Gasteiger partial charge in [-0.1, -0.05) is 6.07 Å². The van der Waals surface area contributed by atoms with Gasteiger partial charge in [-0.25, -0.2) is 0 Å². The molecule has 36 heavy (non-hydrogen) atoms. The Morgan fingerprint density at radius 3 is 2.28 bits per heavy atom. The Labute approximate surface area is 203 Å². The standard InChI is InChI=1S/C24H24F6N2O4/c1-35-11-9-31(22(34)17-3-2-4-19(13-17)24(28,29)30)14-20-15-32(10-12-36-20)21(33)16-5-7-18(8-6-16)23(25,26)27/h2-8,13,20H,9-12,14-15H2,1H3. The van der Waals surface area contributed by atoms with Crippen LogP contribution in [0.4, 0.5) is 26.3 Å². The van der Waals surface area contributed by atoms with E-state index < -0.39 is 41.4 Å². The number of carbonyl (C=O) groups excluding carboxylic acids is 2. The quantitative estimate of drug-likeness (QED) is 0.512. The predicted octanol–water partition coefficient (Wildman–Crippen LogP) is 4.35. The van der Waals surface area contributed by atoms with E-state index in [1.165, 1.54) is 23.0 Å². The number of nitrogens with zero attached hydrogens (tertiary/aromatic N) is 2. The van der Waals surface area contributed by atoms with Crippen molar-refractivity contribution >= 4 is 11.8 Å². The van der Waals surface area contributed by atoms with Crippen LogP contribution in [-0.2, 0) is 21.8 Å². The monoisotopic (exact) mass is 518 g/mol. The fraction of sp³-hybridized carbons (Fsp3) is 0.417. The van der Waals surface area contributed by atoms with Crippen molar-refractivity contribution in [2.45, 2.75) is 18.5 Å². The zero-order valence-corrected chi connectivity index (χ0v) is 19.2. The minimum atomic E-state index is -4.61. The molecular formula is C24H24F6N2O4. The topological polar surface area (TPSA) is 59.1 Å². The summed E-state index contributed by atoms with van der Waals surface area (Å²) in [6.45, 7) is 0.501. The largest absolute Gasteiger partial charge is 0.416 e. The van der Waals surface area contributed by atoms with Gasteiger partial charge in [0.25, 0.3) is 11.8 Å². The van der Waals surface area contributed by atoms with Crippen molar-refractivity contribution in [2.75, 3.05) is 46.5 Å². The number of hydrogen-bond donors (Lipinski definition) is 0. The second-order valence-electron chi connectivity index (χ2n) is 8.14. The number of methoxy groups -OCH3 is 1. The van der Waals surface area contributed by atoms with E-state index in [0.717, 1.165) is 42.5 Å². The lowest BCUT2D eigenvalue weighted by Gasteiger charge is -2.36. The van der Waals surface area contributed by atoms with E-state index in [2.05, 4.69) is 0 Å². The molecule has 0 saturated carbocycles. The summed E-state index contributed by atoms with van der Waals surface area (Å²) in [5, 5.41) is 0. The third kappa shape index (κ3) is 6.97. The maximum Gasteiger partial charge on any atom is 0.416 e. The van der Waals surface area contributed by atoms with Crippen LogP contribution in [0.5, 0.6) is 0 Å². The van der Waals surface area contributed by atoms with Crippen LogP contribution < -0.4 is 0 Å². The summed E-state index contributed by atoms with van der Waals surface area (Å²) < 4.78 is 88.3. The van der Waals surface area contributed by atoms with Crippen molar-refractivity contribution in [3.63, 3.8) is 0 Å². The lowest BCUT2D eigenvalue weighted by molar-refractivity contribution is -0.138. The van der Waals surface area contributed by atoms with Crippen molar-refractivity contribution in [3.05, 3.63) is 70.8 Å². The molecule has 2 aromatic rings. The van der Waals surface area contributed by atoms with E-state index in [4.69, 9.17) is 9.47 Å². The van der Waals surface area contributed by atoms with E-state index >= 15 is 0 Å². The highest BCUT2D eigenvalue weighted by molar-refractivity contribution is 5.95. The molecule has 0 radical (unpaired) electrons. The third-order valence-corrected chi connectivity index (χ3v) is 5.60. The van der Waals surface area contributed by atoms with Crippen LogP contribution in [0.25, 0.3) is 0 Å². The number of hydrogen-bond acceptors (Lipinski definition) is 4. The lowest BCUT2D eigenvalue weighted by Crippen LogP contribution is -2.51. The van der Waals surface area contributed by atoms with Gasteiger partial charge in [-0.15, -0.1) is 0 Å². The van der Waals surface area contributed by atoms with Gasteiger partial charge in [-0.2, -0.15) is 26.3 Å². The highest BCUT2D eigenvalue weighted by Crippen LogP contribution is 2.30. The first-order valence-electron chi connectivity index (χ1n) is 10.9. The number of halogens is 6. The Kier molecular flexibility index (Phi) is 8.62. The van der Waals surface area contributed by atoms with Crippen LogP contribution in [-0.4, -0.2) is 74.2 Å². The van der Waals surface area contributed by atoms with Crippen LogP contribution in [0.3, 0.4) is 0 Å². The van der Waals surface area contributed by atoms with E-state index in [-0.39, 0.29) is 50.5 Å². The second kappa shape index (κ2) is 11.3. The molecule has 12 heteroatoms. The summed E-state index contributed by atoms with van der Waals surface area (Å²) in [4.78, 5) is 28.6. The molecule has 1 aliphatic heterocycles. The molecule has 6 nitrogen and oxygen atoms in total. The molecule has 1 aliphatic rings. The highest BCUT2D eigenvalue weighted by atomic mass is 19.4. The molecule has 1 saturated heterocycles. The number of rotatable bonds is 7. The summed E-state index contributed by atoms with van der Waals surface area (Å²) in [6.07, 6.45) is -9.80. The molecule has 2 amide bonds. The number of morpholine rings is 1. The molecule has 1 atom stereocenters. The Hall–Kier alpha value is -3.12. The molecule has 3 rings (SSSR count). The van der Waals surface area contributed by atoms with Crippen LogP contribution in [0.1, 0.15) is 31.8 Å².